The number of amides is 1. The first-order valence-corrected chi connectivity index (χ1v) is 9.94. The molecule has 2 fully saturated rings. The van der Waals surface area contributed by atoms with Gasteiger partial charge < -0.3 is 15.2 Å². The minimum Gasteiger partial charge on any atom is -0.396 e. The highest BCUT2D eigenvalue weighted by molar-refractivity contribution is 5.95. The highest BCUT2D eigenvalue weighted by Gasteiger charge is 2.38. The van der Waals surface area contributed by atoms with Crippen LogP contribution in [0.5, 0.6) is 0 Å². The number of benzene rings is 1. The summed E-state index contributed by atoms with van der Waals surface area (Å²) in [7, 11) is 0. The van der Waals surface area contributed by atoms with Gasteiger partial charge in [0.15, 0.2) is 0 Å². The molecule has 0 unspecified atom stereocenters. The number of aryl methyl sites for hydroxylation is 1. The van der Waals surface area contributed by atoms with Crippen molar-refractivity contribution in [2.24, 2.45) is 0 Å². The van der Waals surface area contributed by atoms with Gasteiger partial charge >= 0.3 is 0 Å². The predicted molar refractivity (Wildman–Crippen MR) is 106 cm³/mol. The second-order valence-corrected chi connectivity index (χ2v) is 7.82. The van der Waals surface area contributed by atoms with E-state index >= 15 is 0 Å². The van der Waals surface area contributed by atoms with Gasteiger partial charge in [0.05, 0.1) is 35.9 Å². The van der Waals surface area contributed by atoms with E-state index in [1.807, 2.05) is 42.8 Å². The van der Waals surface area contributed by atoms with Gasteiger partial charge in [0.25, 0.3) is 5.91 Å². The van der Waals surface area contributed by atoms with Gasteiger partial charge in [-0.3, -0.25) is 9.69 Å². The molecule has 1 aromatic heterocycles. The van der Waals surface area contributed by atoms with Crippen molar-refractivity contribution >= 4 is 5.91 Å². The van der Waals surface area contributed by atoms with E-state index in [1.165, 1.54) is 0 Å². The lowest BCUT2D eigenvalue weighted by Crippen LogP contribution is -2.46. The molecule has 1 amide bonds. The molecule has 2 aliphatic rings. The lowest BCUT2D eigenvalue weighted by Gasteiger charge is -2.34. The molecule has 0 aliphatic carbocycles. The van der Waals surface area contributed by atoms with Crippen molar-refractivity contribution in [3.63, 3.8) is 0 Å². The summed E-state index contributed by atoms with van der Waals surface area (Å²) in [5.41, 5.74) is 3.56. The van der Waals surface area contributed by atoms with Crippen LogP contribution in [-0.4, -0.2) is 70.2 Å². The number of nitrogens with one attached hydrogen (secondary N) is 1. The van der Waals surface area contributed by atoms with Crippen molar-refractivity contribution in [2.45, 2.75) is 44.9 Å². The van der Waals surface area contributed by atoms with Crippen molar-refractivity contribution in [1.82, 2.24) is 20.0 Å². The van der Waals surface area contributed by atoms with Gasteiger partial charge in [-0.15, -0.1) is 0 Å². The third-order valence-corrected chi connectivity index (χ3v) is 5.87. The largest absolute Gasteiger partial charge is 0.396 e. The number of ether oxygens (including phenoxy) is 1. The number of carbonyl (C=O) groups is 1. The highest BCUT2D eigenvalue weighted by atomic mass is 16.5. The van der Waals surface area contributed by atoms with E-state index < -0.39 is 0 Å². The Bertz CT molecular complexity index is 850. The Morgan fingerprint density at radius 1 is 1.32 bits per heavy atom. The molecule has 2 N–H and O–H groups in total. The maximum atomic E-state index is 12.9. The Morgan fingerprint density at radius 3 is 2.93 bits per heavy atom. The van der Waals surface area contributed by atoms with Gasteiger partial charge in [-0.25, -0.2) is 4.68 Å². The fourth-order valence-corrected chi connectivity index (χ4v) is 4.31. The van der Waals surface area contributed by atoms with E-state index in [0.29, 0.717) is 24.6 Å². The van der Waals surface area contributed by atoms with Crippen LogP contribution in [0.4, 0.5) is 0 Å². The smallest absolute Gasteiger partial charge is 0.255 e. The zero-order valence-corrected chi connectivity index (χ0v) is 16.5. The normalized spacial score (nSPS) is 24.9. The van der Waals surface area contributed by atoms with Gasteiger partial charge in [-0.05, 0) is 38.3 Å². The Labute approximate surface area is 165 Å². The number of para-hydroxylation sites is 1. The minimum absolute atomic E-state index is 0.0741. The summed E-state index contributed by atoms with van der Waals surface area (Å²) in [5.74, 6) is -0.0741. The second-order valence-electron chi connectivity index (χ2n) is 7.82. The van der Waals surface area contributed by atoms with E-state index in [-0.39, 0.29) is 24.7 Å². The molecule has 3 heterocycles. The molecular formula is C21H28N4O3. The molecule has 28 heavy (non-hydrogen) atoms. The zero-order valence-electron chi connectivity index (χ0n) is 16.5. The molecular weight excluding hydrogens is 356 g/mol. The summed E-state index contributed by atoms with van der Waals surface area (Å²) in [5, 5.41) is 16.7. The lowest BCUT2D eigenvalue weighted by atomic mass is 10.1. The number of morpholine rings is 1. The highest BCUT2D eigenvalue weighted by Crippen LogP contribution is 2.25. The quantitative estimate of drug-likeness (QED) is 0.816. The molecule has 7 heteroatoms. The van der Waals surface area contributed by atoms with Crippen LogP contribution in [0, 0.1) is 13.8 Å². The first-order chi connectivity index (χ1) is 13.6. The Hall–Kier alpha value is -2.22. The van der Waals surface area contributed by atoms with Crippen molar-refractivity contribution in [3.05, 3.63) is 47.3 Å². The molecule has 1 aromatic carbocycles. The first-order valence-electron chi connectivity index (χ1n) is 9.94. The Morgan fingerprint density at radius 2 is 2.14 bits per heavy atom. The van der Waals surface area contributed by atoms with E-state index in [9.17, 15) is 4.79 Å². The average molecular weight is 384 g/mol. The number of hydrogen-bond donors (Lipinski definition) is 2. The maximum absolute atomic E-state index is 12.9. The third kappa shape index (κ3) is 3.70. The SMILES string of the molecule is Cc1ccccc1-n1ncc(C(=O)N[C@@H]2C[C@H]3CO[C@@H](CCO)CN3C2)c1C. The number of fused-ring (bicyclic) bond motifs is 1. The molecule has 0 saturated carbocycles. The number of rotatable bonds is 5. The molecule has 2 saturated heterocycles. The van der Waals surface area contributed by atoms with Gasteiger partial charge in [0.2, 0.25) is 0 Å². The van der Waals surface area contributed by atoms with Crippen LogP contribution < -0.4 is 5.32 Å². The molecule has 0 spiro atoms. The van der Waals surface area contributed by atoms with Crippen LogP contribution in [0.3, 0.4) is 0 Å². The standard InChI is InChI=1S/C21H28N4O3/c1-14-5-3-4-6-20(14)25-15(2)19(10-22-25)21(27)23-16-9-17-13-28-18(7-8-26)12-24(17)11-16/h3-6,10,16-18,26H,7-9,11-13H2,1-2H3,(H,23,27)/t16-,17+,18+/m1/s1. The van der Waals surface area contributed by atoms with E-state index in [4.69, 9.17) is 9.84 Å². The number of carbonyl (C=O) groups excluding carboxylic acids is 1. The van der Waals surface area contributed by atoms with Crippen LogP contribution in [0.2, 0.25) is 0 Å². The number of aliphatic hydroxyl groups excluding tert-OH is 1. The van der Waals surface area contributed by atoms with Gasteiger partial charge in [0, 0.05) is 31.8 Å². The fourth-order valence-electron chi connectivity index (χ4n) is 4.31. The summed E-state index contributed by atoms with van der Waals surface area (Å²) >= 11 is 0. The summed E-state index contributed by atoms with van der Waals surface area (Å²) in [6.07, 6.45) is 3.30. The van der Waals surface area contributed by atoms with Crippen LogP contribution >= 0.6 is 0 Å². The van der Waals surface area contributed by atoms with Crippen LogP contribution in [0.25, 0.3) is 5.69 Å². The van der Waals surface area contributed by atoms with E-state index in [0.717, 1.165) is 36.5 Å². The molecule has 3 atom stereocenters. The summed E-state index contributed by atoms with van der Waals surface area (Å²) in [6.45, 7) is 6.43. The first kappa shape index (κ1) is 19.1. The molecule has 0 radical (unpaired) electrons. The average Bonchev–Trinajstić information content (AvgIpc) is 3.25. The summed E-state index contributed by atoms with van der Waals surface area (Å²) in [4.78, 5) is 15.2. The number of aliphatic hydroxyl groups is 1. The van der Waals surface area contributed by atoms with Crippen molar-refractivity contribution in [2.75, 3.05) is 26.3 Å². The van der Waals surface area contributed by atoms with Crippen molar-refractivity contribution in [1.29, 1.82) is 0 Å². The van der Waals surface area contributed by atoms with Gasteiger partial charge in [-0.2, -0.15) is 5.10 Å². The van der Waals surface area contributed by atoms with Crippen LogP contribution in [0.15, 0.2) is 30.5 Å². The molecule has 4 rings (SSSR count). The molecule has 2 aliphatic heterocycles. The van der Waals surface area contributed by atoms with Crippen LogP contribution in [-0.2, 0) is 4.74 Å². The maximum Gasteiger partial charge on any atom is 0.255 e. The number of aromatic nitrogens is 2. The fraction of sp³-hybridized carbons (Fsp3) is 0.524. The Balaban J connectivity index is 1.42. The zero-order chi connectivity index (χ0) is 19.7. The van der Waals surface area contributed by atoms with Crippen molar-refractivity contribution < 1.29 is 14.6 Å². The summed E-state index contributed by atoms with van der Waals surface area (Å²) < 4.78 is 7.65. The second kappa shape index (κ2) is 8.03. The Kier molecular flexibility index (Phi) is 5.48. The summed E-state index contributed by atoms with van der Waals surface area (Å²) in [6, 6.07) is 8.47. The topological polar surface area (TPSA) is 79.6 Å². The monoisotopic (exact) mass is 384 g/mol. The van der Waals surface area contributed by atoms with E-state index in [2.05, 4.69) is 15.3 Å². The molecule has 0 bridgehead atoms. The van der Waals surface area contributed by atoms with Gasteiger partial charge in [0.1, 0.15) is 0 Å². The predicted octanol–water partition coefficient (Wildman–Crippen LogP) is 1.44. The molecule has 150 valence electrons. The van der Waals surface area contributed by atoms with Crippen LogP contribution in [0.1, 0.15) is 34.5 Å². The molecule has 2 aromatic rings. The van der Waals surface area contributed by atoms with Crippen molar-refractivity contribution in [3.8, 4) is 5.69 Å². The third-order valence-electron chi connectivity index (χ3n) is 5.87. The minimum atomic E-state index is -0.0741. The molecule has 7 nitrogen and oxygen atoms in total. The van der Waals surface area contributed by atoms with E-state index in [1.54, 1.807) is 6.20 Å². The number of hydrogen-bond acceptors (Lipinski definition) is 5. The number of nitrogens with zero attached hydrogens (tertiary/aromatic N) is 3. The van der Waals surface area contributed by atoms with Gasteiger partial charge in [-0.1, -0.05) is 18.2 Å². The lowest BCUT2D eigenvalue weighted by molar-refractivity contribution is -0.0566.